The Bertz CT molecular complexity index is 644. The van der Waals surface area contributed by atoms with Gasteiger partial charge in [-0.15, -0.1) is 0 Å². The van der Waals surface area contributed by atoms with E-state index in [4.69, 9.17) is 10.5 Å². The minimum absolute atomic E-state index is 0.00463. The van der Waals surface area contributed by atoms with Crippen molar-refractivity contribution in [1.82, 2.24) is 4.31 Å². The number of anilines is 1. The van der Waals surface area contributed by atoms with Crippen molar-refractivity contribution in [1.29, 1.82) is 0 Å². The fourth-order valence-corrected chi connectivity index (χ4v) is 4.21. The number of methoxy groups -OCH3 is 2. The maximum absolute atomic E-state index is 12.8. The lowest BCUT2D eigenvalue weighted by molar-refractivity contribution is -0.144. The van der Waals surface area contributed by atoms with Gasteiger partial charge in [0.1, 0.15) is 16.7 Å². The molecule has 21 heavy (non-hydrogen) atoms. The lowest BCUT2D eigenvalue weighted by Crippen LogP contribution is -2.41. The van der Waals surface area contributed by atoms with E-state index in [1.54, 1.807) is 0 Å². The number of hydrogen-bond acceptors (Lipinski definition) is 6. The molecule has 0 radical (unpaired) electrons. The summed E-state index contributed by atoms with van der Waals surface area (Å²) in [5, 5.41) is 0. The largest absolute Gasteiger partial charge is 0.495 e. The lowest BCUT2D eigenvalue weighted by atomic mass is 10.2. The van der Waals surface area contributed by atoms with Crippen molar-refractivity contribution in [3.8, 4) is 5.75 Å². The van der Waals surface area contributed by atoms with Crippen molar-refractivity contribution in [2.75, 3.05) is 26.5 Å². The van der Waals surface area contributed by atoms with E-state index in [1.807, 2.05) is 0 Å². The zero-order valence-corrected chi connectivity index (χ0v) is 12.7. The standard InChI is InChI=1S/C13H18N2O5S/c1-19-11-8-9(14)5-6-12(11)21(17,18)15-7-3-4-10(15)13(16)20-2/h5-6,8,10H,3-4,7,14H2,1-2H3. The van der Waals surface area contributed by atoms with Gasteiger partial charge in [0.15, 0.2) is 0 Å². The van der Waals surface area contributed by atoms with Crippen molar-refractivity contribution >= 4 is 21.7 Å². The van der Waals surface area contributed by atoms with Gasteiger partial charge in [-0.2, -0.15) is 4.31 Å². The molecule has 1 fully saturated rings. The van der Waals surface area contributed by atoms with Crippen LogP contribution in [0.3, 0.4) is 0 Å². The van der Waals surface area contributed by atoms with E-state index in [9.17, 15) is 13.2 Å². The predicted molar refractivity (Wildman–Crippen MR) is 76.3 cm³/mol. The maximum Gasteiger partial charge on any atom is 0.324 e. The Hall–Kier alpha value is -1.80. The molecule has 1 aromatic carbocycles. The lowest BCUT2D eigenvalue weighted by Gasteiger charge is -2.23. The molecule has 0 amide bonds. The first kappa shape index (κ1) is 15.6. The number of rotatable bonds is 4. The van der Waals surface area contributed by atoms with Gasteiger partial charge >= 0.3 is 5.97 Å². The van der Waals surface area contributed by atoms with Crippen LogP contribution in [0, 0.1) is 0 Å². The Kier molecular flexibility index (Phi) is 4.38. The SMILES string of the molecule is COC(=O)C1CCCN1S(=O)(=O)c1ccc(N)cc1OC. The minimum Gasteiger partial charge on any atom is -0.495 e. The molecule has 1 atom stereocenters. The molecule has 1 unspecified atom stereocenters. The fraction of sp³-hybridized carbons (Fsp3) is 0.462. The summed E-state index contributed by atoms with van der Waals surface area (Å²) in [6, 6.07) is 3.52. The molecule has 0 bridgehead atoms. The number of sulfonamides is 1. The molecule has 8 heteroatoms. The van der Waals surface area contributed by atoms with Gasteiger partial charge in [0.2, 0.25) is 10.0 Å². The minimum atomic E-state index is -3.85. The quantitative estimate of drug-likeness (QED) is 0.645. The van der Waals surface area contributed by atoms with Gasteiger partial charge in [0, 0.05) is 18.3 Å². The number of nitrogens with zero attached hydrogens (tertiary/aromatic N) is 1. The van der Waals surface area contributed by atoms with Crippen molar-refractivity contribution in [2.24, 2.45) is 0 Å². The summed E-state index contributed by atoms with van der Waals surface area (Å²) in [7, 11) is -1.23. The summed E-state index contributed by atoms with van der Waals surface area (Å²) in [5.74, 6) is -0.393. The predicted octanol–water partition coefficient (Wildman–Crippen LogP) is 0.603. The van der Waals surface area contributed by atoms with Gasteiger partial charge in [-0.05, 0) is 25.0 Å². The van der Waals surface area contributed by atoms with E-state index >= 15 is 0 Å². The highest BCUT2D eigenvalue weighted by molar-refractivity contribution is 7.89. The van der Waals surface area contributed by atoms with Gasteiger partial charge in [-0.1, -0.05) is 0 Å². The van der Waals surface area contributed by atoms with E-state index in [0.29, 0.717) is 18.5 Å². The molecule has 116 valence electrons. The van der Waals surface area contributed by atoms with Crippen molar-refractivity contribution in [3.63, 3.8) is 0 Å². The number of hydrogen-bond donors (Lipinski definition) is 1. The number of nitrogens with two attached hydrogens (primary N) is 1. The molecule has 2 N–H and O–H groups in total. The summed E-state index contributed by atoms with van der Waals surface area (Å²) in [6.45, 7) is 0.273. The van der Waals surface area contributed by atoms with Crippen LogP contribution < -0.4 is 10.5 Å². The Balaban J connectivity index is 2.44. The normalized spacial score (nSPS) is 19.4. The molecule has 1 saturated heterocycles. The third-order valence-electron chi connectivity index (χ3n) is 3.45. The molecule has 1 aliphatic rings. The van der Waals surface area contributed by atoms with Crippen LogP contribution >= 0.6 is 0 Å². The van der Waals surface area contributed by atoms with Gasteiger partial charge in [0.25, 0.3) is 0 Å². The topological polar surface area (TPSA) is 98.9 Å². The molecule has 1 heterocycles. The second kappa shape index (κ2) is 5.90. The highest BCUT2D eigenvalue weighted by Crippen LogP contribution is 2.32. The highest BCUT2D eigenvalue weighted by Gasteiger charge is 2.41. The Labute approximate surface area is 123 Å². The van der Waals surface area contributed by atoms with Crippen LogP contribution in [-0.2, 0) is 19.6 Å². The number of benzene rings is 1. The molecule has 0 spiro atoms. The molecule has 7 nitrogen and oxygen atoms in total. The number of carbonyl (C=O) groups is 1. The first-order chi connectivity index (χ1) is 9.91. The molecule has 0 aromatic heterocycles. The van der Waals surface area contributed by atoms with Crippen LogP contribution in [0.5, 0.6) is 5.75 Å². The van der Waals surface area contributed by atoms with E-state index in [0.717, 1.165) is 4.31 Å². The molecule has 0 saturated carbocycles. The summed E-state index contributed by atoms with van der Waals surface area (Å²) in [5.41, 5.74) is 6.03. The summed E-state index contributed by atoms with van der Waals surface area (Å²) >= 11 is 0. The third kappa shape index (κ3) is 2.81. The monoisotopic (exact) mass is 314 g/mol. The van der Waals surface area contributed by atoms with Crippen molar-refractivity contribution in [3.05, 3.63) is 18.2 Å². The van der Waals surface area contributed by atoms with Gasteiger partial charge in [-0.25, -0.2) is 8.42 Å². The van der Waals surface area contributed by atoms with E-state index in [-0.39, 0.29) is 17.2 Å². The molecular weight excluding hydrogens is 296 g/mol. The van der Waals surface area contributed by atoms with Crippen LogP contribution in [0.4, 0.5) is 5.69 Å². The summed E-state index contributed by atoms with van der Waals surface area (Å²) in [6.07, 6.45) is 1.06. The molecule has 2 rings (SSSR count). The Morgan fingerprint density at radius 2 is 2.10 bits per heavy atom. The fourth-order valence-electron chi connectivity index (χ4n) is 2.42. The van der Waals surface area contributed by atoms with E-state index in [2.05, 4.69) is 4.74 Å². The van der Waals surface area contributed by atoms with Gasteiger partial charge in [0.05, 0.1) is 14.2 Å². The smallest absolute Gasteiger partial charge is 0.324 e. The van der Waals surface area contributed by atoms with Gasteiger partial charge in [-0.3, -0.25) is 4.79 Å². The van der Waals surface area contributed by atoms with Crippen LogP contribution in [0.15, 0.2) is 23.1 Å². The summed E-state index contributed by atoms with van der Waals surface area (Å²) < 4.78 is 36.4. The van der Waals surface area contributed by atoms with Crippen LogP contribution in [-0.4, -0.2) is 45.5 Å². The Morgan fingerprint density at radius 1 is 1.38 bits per heavy atom. The second-order valence-corrected chi connectivity index (χ2v) is 6.57. The highest BCUT2D eigenvalue weighted by atomic mass is 32.2. The van der Waals surface area contributed by atoms with Crippen LogP contribution in [0.1, 0.15) is 12.8 Å². The number of esters is 1. The maximum atomic E-state index is 12.8. The first-order valence-corrected chi connectivity index (χ1v) is 7.89. The average molecular weight is 314 g/mol. The molecule has 1 aromatic rings. The Morgan fingerprint density at radius 3 is 2.71 bits per heavy atom. The first-order valence-electron chi connectivity index (χ1n) is 6.45. The average Bonchev–Trinajstić information content (AvgIpc) is 2.96. The zero-order chi connectivity index (χ0) is 15.6. The molecule has 1 aliphatic heterocycles. The van der Waals surface area contributed by atoms with Gasteiger partial charge < -0.3 is 15.2 Å². The number of ether oxygens (including phenoxy) is 2. The molecule has 0 aliphatic carbocycles. The van der Waals surface area contributed by atoms with Crippen molar-refractivity contribution in [2.45, 2.75) is 23.8 Å². The zero-order valence-electron chi connectivity index (χ0n) is 11.9. The van der Waals surface area contributed by atoms with Crippen LogP contribution in [0.25, 0.3) is 0 Å². The van der Waals surface area contributed by atoms with Crippen LogP contribution in [0.2, 0.25) is 0 Å². The van der Waals surface area contributed by atoms with Crippen molar-refractivity contribution < 1.29 is 22.7 Å². The second-order valence-electron chi connectivity index (χ2n) is 4.71. The number of carbonyl (C=O) groups excluding carboxylic acids is 1. The van der Waals surface area contributed by atoms with E-state index < -0.39 is 22.0 Å². The van der Waals surface area contributed by atoms with E-state index in [1.165, 1.54) is 32.4 Å². The summed E-state index contributed by atoms with van der Waals surface area (Å²) in [4.78, 5) is 11.7. The third-order valence-corrected chi connectivity index (χ3v) is 5.40. The molecular formula is C13H18N2O5S. The number of nitrogen functional groups attached to an aromatic ring is 1.